The van der Waals surface area contributed by atoms with E-state index in [9.17, 15) is 24.0 Å². The van der Waals surface area contributed by atoms with Gasteiger partial charge in [-0.2, -0.15) is 0 Å². The number of nitrogens with zero attached hydrogens (tertiary/aromatic N) is 1. The zero-order valence-corrected chi connectivity index (χ0v) is 15.0. The van der Waals surface area contributed by atoms with Crippen molar-refractivity contribution in [3.8, 4) is 0 Å². The first-order valence-electron chi connectivity index (χ1n) is 7.20. The Hall–Kier alpha value is -3.31. The van der Waals surface area contributed by atoms with Gasteiger partial charge >= 0.3 is 24.0 Å². The Morgan fingerprint density at radius 2 is 1.67 bits per heavy atom. The molecule has 0 heterocycles. The summed E-state index contributed by atoms with van der Waals surface area (Å²) in [6.45, 7) is 3.23. The van der Waals surface area contributed by atoms with Crippen LogP contribution in [-0.2, 0) is 33.4 Å². The molecule has 0 saturated heterocycles. The van der Waals surface area contributed by atoms with E-state index < -0.39 is 42.7 Å². The number of nitrogens with one attached hydrogen (secondary N) is 1. The summed E-state index contributed by atoms with van der Waals surface area (Å²) in [7, 11) is 0. The largest absolute Gasteiger partial charge is 0.481 e. The second kappa shape index (κ2) is 19.0. The third kappa shape index (κ3) is 31.0. The van der Waals surface area contributed by atoms with Crippen LogP contribution in [0.5, 0.6) is 0 Å². The predicted molar refractivity (Wildman–Crippen MR) is 86.4 cm³/mol. The summed E-state index contributed by atoms with van der Waals surface area (Å²) in [6.07, 6.45) is -0.117. The van der Waals surface area contributed by atoms with Crippen molar-refractivity contribution in [1.29, 1.82) is 0 Å². The van der Waals surface area contributed by atoms with Crippen LogP contribution in [0.25, 0.3) is 0 Å². The van der Waals surface area contributed by atoms with Crippen molar-refractivity contribution in [1.82, 2.24) is 5.32 Å². The number of esters is 2. The van der Waals surface area contributed by atoms with Crippen LogP contribution >= 0.6 is 0 Å². The van der Waals surface area contributed by atoms with E-state index in [-0.39, 0.29) is 0 Å². The maximum atomic E-state index is 10.6. The number of carbonyl (C=O) groups excluding carboxylic acids is 4. The van der Waals surface area contributed by atoms with Crippen LogP contribution in [-0.4, -0.2) is 77.2 Å². The Kier molecular flexibility index (Phi) is 20.1. The SMILES string of the molecule is CC(=O)O.CC(=O)OC(=O)NCCCN=C=O.CC(OC(=O)CO)C(=O)O. The molecule has 154 valence electrons. The molecular formula is C14H22N2O11. The number of hydrogen-bond donors (Lipinski definition) is 4. The molecule has 0 aliphatic rings. The Labute approximate surface area is 154 Å². The first kappa shape index (κ1) is 28.5. The Morgan fingerprint density at radius 3 is 2.04 bits per heavy atom. The van der Waals surface area contributed by atoms with Gasteiger partial charge in [0.15, 0.2) is 6.10 Å². The summed E-state index contributed by atoms with van der Waals surface area (Å²) in [5.41, 5.74) is 0. The number of aliphatic hydroxyl groups excluding tert-OH is 1. The smallest absolute Gasteiger partial charge is 0.414 e. The summed E-state index contributed by atoms with van der Waals surface area (Å²) in [5.74, 6) is -3.67. The maximum Gasteiger partial charge on any atom is 0.414 e. The van der Waals surface area contributed by atoms with Gasteiger partial charge < -0.3 is 30.1 Å². The normalized spacial score (nSPS) is 9.48. The summed E-state index contributed by atoms with van der Waals surface area (Å²) < 4.78 is 8.33. The monoisotopic (exact) mass is 394 g/mol. The number of carbonyl (C=O) groups is 5. The molecule has 13 nitrogen and oxygen atoms in total. The molecule has 0 aromatic rings. The highest BCUT2D eigenvalue weighted by Crippen LogP contribution is 1.89. The zero-order valence-electron chi connectivity index (χ0n) is 15.0. The third-order valence-corrected chi connectivity index (χ3v) is 1.80. The summed E-state index contributed by atoms with van der Waals surface area (Å²) in [6, 6.07) is 0. The minimum absolute atomic E-state index is 0.295. The van der Waals surface area contributed by atoms with Crippen molar-refractivity contribution in [3.63, 3.8) is 0 Å². The highest BCUT2D eigenvalue weighted by atomic mass is 16.6. The van der Waals surface area contributed by atoms with E-state index in [1.54, 1.807) is 0 Å². The lowest BCUT2D eigenvalue weighted by molar-refractivity contribution is -0.164. The molecule has 1 atom stereocenters. The van der Waals surface area contributed by atoms with Gasteiger partial charge in [-0.15, -0.1) is 0 Å². The van der Waals surface area contributed by atoms with Gasteiger partial charge in [0.25, 0.3) is 5.97 Å². The molecule has 0 bridgehead atoms. The second-order valence-corrected chi connectivity index (χ2v) is 4.28. The molecule has 1 unspecified atom stereocenters. The maximum absolute atomic E-state index is 10.6. The van der Waals surface area contributed by atoms with Crippen LogP contribution in [0.3, 0.4) is 0 Å². The van der Waals surface area contributed by atoms with Gasteiger partial charge in [-0.05, 0) is 13.3 Å². The van der Waals surface area contributed by atoms with Gasteiger partial charge in [-0.25, -0.2) is 24.2 Å². The number of ether oxygens (including phenoxy) is 2. The fraction of sp³-hybridized carbons (Fsp3) is 0.571. The molecule has 4 N–H and O–H groups in total. The molecule has 0 spiro atoms. The number of hydrogen-bond acceptors (Lipinski definition) is 10. The van der Waals surface area contributed by atoms with E-state index in [2.05, 4.69) is 19.8 Å². The first-order valence-corrected chi connectivity index (χ1v) is 7.20. The van der Waals surface area contributed by atoms with E-state index >= 15 is 0 Å². The van der Waals surface area contributed by atoms with Gasteiger partial charge in [0, 0.05) is 20.4 Å². The molecule has 13 heteroatoms. The average Bonchev–Trinajstić information content (AvgIpc) is 2.53. The number of aliphatic carboxylic acids is 2. The first-order chi connectivity index (χ1) is 12.5. The number of carboxylic acid groups (broad SMARTS) is 2. The summed E-state index contributed by atoms with van der Waals surface area (Å²) in [5, 5.41) is 26.0. The molecule has 0 saturated carbocycles. The van der Waals surface area contributed by atoms with E-state index in [1.165, 1.54) is 13.0 Å². The van der Waals surface area contributed by atoms with Crippen LogP contribution in [0, 0.1) is 0 Å². The average molecular weight is 394 g/mol. The Morgan fingerprint density at radius 1 is 1.15 bits per heavy atom. The van der Waals surface area contributed by atoms with Crippen LogP contribution < -0.4 is 5.32 Å². The lowest BCUT2D eigenvalue weighted by Gasteiger charge is -2.05. The molecule has 27 heavy (non-hydrogen) atoms. The number of rotatable bonds is 7. The molecule has 0 radical (unpaired) electrons. The number of aliphatic hydroxyl groups is 1. The highest BCUT2D eigenvalue weighted by molar-refractivity contribution is 5.82. The minimum atomic E-state index is -1.23. The molecule has 1 amide bonds. The molecule has 0 aliphatic carbocycles. The quantitative estimate of drug-likeness (QED) is 0.136. The third-order valence-electron chi connectivity index (χ3n) is 1.80. The molecular weight excluding hydrogens is 372 g/mol. The van der Waals surface area contributed by atoms with E-state index in [0.717, 1.165) is 13.8 Å². The van der Waals surface area contributed by atoms with Gasteiger partial charge in [-0.1, -0.05) is 0 Å². The van der Waals surface area contributed by atoms with Gasteiger partial charge in [0.05, 0.1) is 6.54 Å². The lowest BCUT2D eigenvalue weighted by atomic mass is 10.4. The van der Waals surface area contributed by atoms with Crippen molar-refractivity contribution in [3.05, 3.63) is 0 Å². The van der Waals surface area contributed by atoms with Gasteiger partial charge in [-0.3, -0.25) is 9.59 Å². The van der Waals surface area contributed by atoms with Crippen molar-refractivity contribution in [2.45, 2.75) is 33.3 Å². The van der Waals surface area contributed by atoms with Crippen molar-refractivity contribution < 1.29 is 53.6 Å². The highest BCUT2D eigenvalue weighted by Gasteiger charge is 2.14. The van der Waals surface area contributed by atoms with Gasteiger partial charge in [0.1, 0.15) is 6.61 Å². The second-order valence-electron chi connectivity index (χ2n) is 4.28. The van der Waals surface area contributed by atoms with E-state index in [1.807, 2.05) is 0 Å². The lowest BCUT2D eigenvalue weighted by Crippen LogP contribution is -2.27. The molecule has 0 aromatic carbocycles. The Bertz CT molecular complexity index is 537. The number of isocyanates is 1. The molecule has 0 aromatic heterocycles. The zero-order chi connectivity index (χ0) is 21.8. The van der Waals surface area contributed by atoms with Crippen LogP contribution in [0.1, 0.15) is 27.2 Å². The van der Waals surface area contributed by atoms with Crippen molar-refractivity contribution in [2.24, 2.45) is 4.99 Å². The fourth-order valence-corrected chi connectivity index (χ4v) is 0.846. The number of carboxylic acids is 2. The topological polar surface area (TPSA) is 206 Å². The van der Waals surface area contributed by atoms with E-state index in [0.29, 0.717) is 19.5 Å². The summed E-state index contributed by atoms with van der Waals surface area (Å²) in [4.78, 5) is 62.9. The van der Waals surface area contributed by atoms with Crippen LogP contribution in [0.4, 0.5) is 4.79 Å². The predicted octanol–water partition coefficient (Wildman–Crippen LogP) is -0.929. The van der Waals surface area contributed by atoms with Crippen molar-refractivity contribution >= 4 is 36.1 Å². The van der Waals surface area contributed by atoms with Crippen LogP contribution in [0.2, 0.25) is 0 Å². The number of amides is 1. The molecule has 0 rings (SSSR count). The van der Waals surface area contributed by atoms with Crippen LogP contribution in [0.15, 0.2) is 4.99 Å². The fourth-order valence-electron chi connectivity index (χ4n) is 0.846. The molecule has 0 fully saturated rings. The number of alkyl carbamates (subject to hydrolysis) is 1. The standard InChI is InChI=1S/C7H10N2O4.C5H8O5.C2H4O2/c1-6(11)13-7(12)9-4-2-3-8-5-10;1-3(5(8)9)10-4(7)2-6;1-2(3)4/h2-4H2,1H3,(H,9,12);3,6H,2H2,1H3,(H,8,9);1H3,(H,3,4). The molecule has 0 aliphatic heterocycles. The Balaban J connectivity index is -0.000000364. The summed E-state index contributed by atoms with van der Waals surface area (Å²) >= 11 is 0. The minimum Gasteiger partial charge on any atom is -0.481 e. The van der Waals surface area contributed by atoms with Crippen molar-refractivity contribution in [2.75, 3.05) is 19.7 Å². The van der Waals surface area contributed by atoms with Gasteiger partial charge in [0.2, 0.25) is 6.08 Å². The number of aliphatic imine (C=N–C) groups is 1. The van der Waals surface area contributed by atoms with E-state index in [4.69, 9.17) is 20.1 Å².